The van der Waals surface area contributed by atoms with Gasteiger partial charge in [0.25, 0.3) is 0 Å². The van der Waals surface area contributed by atoms with E-state index in [-0.39, 0.29) is 0 Å². The lowest BCUT2D eigenvalue weighted by atomic mass is 9.97. The van der Waals surface area contributed by atoms with Crippen LogP contribution in [0.25, 0.3) is 0 Å². The SMILES string of the molecule is CC1CCCCCC1Nc1ncc(Br)cc1Cl. The number of rotatable bonds is 2. The quantitative estimate of drug-likeness (QED) is 0.786. The predicted octanol–water partition coefficient (Wildman–Crippen LogP) is 4.88. The molecule has 2 unspecified atom stereocenters. The third-order valence-electron chi connectivity index (χ3n) is 3.49. The summed E-state index contributed by atoms with van der Waals surface area (Å²) in [5.74, 6) is 1.51. The normalized spacial score (nSPS) is 25.4. The number of hydrogen-bond acceptors (Lipinski definition) is 2. The molecule has 0 spiro atoms. The molecular weight excluding hydrogens is 300 g/mol. The van der Waals surface area contributed by atoms with Gasteiger partial charge in [-0.25, -0.2) is 4.98 Å². The van der Waals surface area contributed by atoms with Gasteiger partial charge in [0.15, 0.2) is 0 Å². The fraction of sp³-hybridized carbons (Fsp3) is 0.615. The molecule has 1 aliphatic carbocycles. The van der Waals surface area contributed by atoms with Crippen LogP contribution in [-0.4, -0.2) is 11.0 Å². The number of pyridine rings is 1. The molecule has 1 aromatic heterocycles. The Bertz CT molecular complexity index is 384. The molecule has 0 aromatic carbocycles. The van der Waals surface area contributed by atoms with Crippen molar-refractivity contribution in [3.8, 4) is 0 Å². The van der Waals surface area contributed by atoms with Crippen LogP contribution in [0.15, 0.2) is 16.7 Å². The van der Waals surface area contributed by atoms with Crippen LogP contribution in [0.4, 0.5) is 5.82 Å². The van der Waals surface area contributed by atoms with E-state index in [1.807, 2.05) is 6.07 Å². The van der Waals surface area contributed by atoms with Gasteiger partial charge in [-0.2, -0.15) is 0 Å². The van der Waals surface area contributed by atoms with E-state index >= 15 is 0 Å². The van der Waals surface area contributed by atoms with Gasteiger partial charge in [0.1, 0.15) is 5.82 Å². The molecule has 17 heavy (non-hydrogen) atoms. The largest absolute Gasteiger partial charge is 0.366 e. The van der Waals surface area contributed by atoms with Gasteiger partial charge in [0.05, 0.1) is 5.02 Å². The molecule has 4 heteroatoms. The Morgan fingerprint density at radius 2 is 2.12 bits per heavy atom. The van der Waals surface area contributed by atoms with Crippen molar-refractivity contribution in [1.29, 1.82) is 0 Å². The van der Waals surface area contributed by atoms with E-state index in [0.717, 1.165) is 10.3 Å². The van der Waals surface area contributed by atoms with Crippen molar-refractivity contribution >= 4 is 33.3 Å². The van der Waals surface area contributed by atoms with Crippen LogP contribution in [0.2, 0.25) is 5.02 Å². The molecule has 2 atom stereocenters. The minimum absolute atomic E-state index is 0.503. The lowest BCUT2D eigenvalue weighted by Gasteiger charge is -2.23. The number of nitrogens with zero attached hydrogens (tertiary/aromatic N) is 1. The van der Waals surface area contributed by atoms with Gasteiger partial charge in [0, 0.05) is 16.7 Å². The summed E-state index contributed by atoms with van der Waals surface area (Å²) >= 11 is 9.55. The van der Waals surface area contributed by atoms with Crippen LogP contribution in [0.1, 0.15) is 39.0 Å². The standard InChI is InChI=1S/C13H18BrClN2/c1-9-5-3-2-4-6-12(9)17-13-11(15)7-10(14)8-16-13/h7-9,12H,2-6H2,1H3,(H,16,17). The minimum Gasteiger partial charge on any atom is -0.366 e. The number of aromatic nitrogens is 1. The Morgan fingerprint density at radius 1 is 1.35 bits per heavy atom. The highest BCUT2D eigenvalue weighted by molar-refractivity contribution is 9.10. The topological polar surface area (TPSA) is 24.9 Å². The molecule has 1 aliphatic rings. The van der Waals surface area contributed by atoms with Crippen molar-refractivity contribution in [3.05, 3.63) is 21.8 Å². The summed E-state index contributed by atoms with van der Waals surface area (Å²) in [6.07, 6.45) is 8.30. The highest BCUT2D eigenvalue weighted by Gasteiger charge is 2.20. The van der Waals surface area contributed by atoms with Crippen molar-refractivity contribution in [3.63, 3.8) is 0 Å². The molecule has 0 bridgehead atoms. The Hall–Kier alpha value is -0.280. The molecular formula is C13H18BrClN2. The Balaban J connectivity index is 2.08. The van der Waals surface area contributed by atoms with Crippen molar-refractivity contribution in [2.45, 2.75) is 45.1 Å². The molecule has 1 N–H and O–H groups in total. The van der Waals surface area contributed by atoms with Gasteiger partial charge in [0.2, 0.25) is 0 Å². The summed E-state index contributed by atoms with van der Waals surface area (Å²) in [7, 11) is 0. The molecule has 1 saturated carbocycles. The van der Waals surface area contributed by atoms with Gasteiger partial charge in [-0.05, 0) is 40.8 Å². The molecule has 2 rings (SSSR count). The summed E-state index contributed by atoms with van der Waals surface area (Å²) in [4.78, 5) is 4.35. The highest BCUT2D eigenvalue weighted by Crippen LogP contribution is 2.29. The molecule has 0 saturated heterocycles. The molecule has 1 heterocycles. The monoisotopic (exact) mass is 316 g/mol. The predicted molar refractivity (Wildman–Crippen MR) is 76.6 cm³/mol. The van der Waals surface area contributed by atoms with Gasteiger partial charge < -0.3 is 5.32 Å². The zero-order chi connectivity index (χ0) is 12.3. The lowest BCUT2D eigenvalue weighted by Crippen LogP contribution is -2.26. The fourth-order valence-electron chi connectivity index (χ4n) is 2.40. The summed E-state index contributed by atoms with van der Waals surface area (Å²) in [6.45, 7) is 2.32. The Kier molecular flexibility index (Phi) is 4.69. The number of anilines is 1. The first-order valence-electron chi connectivity index (χ1n) is 6.24. The van der Waals surface area contributed by atoms with Crippen LogP contribution < -0.4 is 5.32 Å². The maximum Gasteiger partial charge on any atom is 0.145 e. The lowest BCUT2D eigenvalue weighted by molar-refractivity contribution is 0.455. The second kappa shape index (κ2) is 6.05. The fourth-order valence-corrected chi connectivity index (χ4v) is 3.09. The third kappa shape index (κ3) is 3.59. The zero-order valence-corrected chi connectivity index (χ0v) is 12.4. The van der Waals surface area contributed by atoms with Gasteiger partial charge in [-0.1, -0.05) is 37.8 Å². The van der Waals surface area contributed by atoms with E-state index < -0.39 is 0 Å². The van der Waals surface area contributed by atoms with Crippen LogP contribution in [0.5, 0.6) is 0 Å². The van der Waals surface area contributed by atoms with Crippen molar-refractivity contribution in [1.82, 2.24) is 4.98 Å². The smallest absolute Gasteiger partial charge is 0.145 e. The number of hydrogen-bond donors (Lipinski definition) is 1. The summed E-state index contributed by atoms with van der Waals surface area (Å²) in [6, 6.07) is 2.39. The molecule has 0 aliphatic heterocycles. The first kappa shape index (κ1) is 13.2. The van der Waals surface area contributed by atoms with Crippen molar-refractivity contribution < 1.29 is 0 Å². The molecule has 1 aromatic rings. The van der Waals surface area contributed by atoms with Crippen LogP contribution >= 0.6 is 27.5 Å². The van der Waals surface area contributed by atoms with Crippen molar-refractivity contribution in [2.24, 2.45) is 5.92 Å². The third-order valence-corrected chi connectivity index (χ3v) is 4.21. The van der Waals surface area contributed by atoms with E-state index in [0.29, 0.717) is 17.0 Å². The van der Waals surface area contributed by atoms with Crippen LogP contribution in [-0.2, 0) is 0 Å². The molecule has 2 nitrogen and oxygen atoms in total. The second-order valence-corrected chi connectivity index (χ2v) is 6.17. The van der Waals surface area contributed by atoms with E-state index in [2.05, 4.69) is 33.2 Å². The maximum atomic E-state index is 6.18. The molecule has 0 radical (unpaired) electrons. The van der Waals surface area contributed by atoms with Crippen molar-refractivity contribution in [2.75, 3.05) is 5.32 Å². The average Bonchev–Trinajstić information content (AvgIpc) is 2.48. The minimum atomic E-state index is 0.503. The zero-order valence-electron chi connectivity index (χ0n) is 10.0. The van der Waals surface area contributed by atoms with Gasteiger partial charge >= 0.3 is 0 Å². The summed E-state index contributed by atoms with van der Waals surface area (Å²) < 4.78 is 0.918. The van der Waals surface area contributed by atoms with Gasteiger partial charge in [-0.15, -0.1) is 0 Å². The van der Waals surface area contributed by atoms with Crippen LogP contribution in [0.3, 0.4) is 0 Å². The Morgan fingerprint density at radius 3 is 2.88 bits per heavy atom. The average molecular weight is 318 g/mol. The first-order valence-corrected chi connectivity index (χ1v) is 7.41. The number of nitrogens with one attached hydrogen (secondary N) is 1. The van der Waals surface area contributed by atoms with E-state index in [1.54, 1.807) is 6.20 Å². The highest BCUT2D eigenvalue weighted by atomic mass is 79.9. The summed E-state index contributed by atoms with van der Waals surface area (Å²) in [5.41, 5.74) is 0. The van der Waals surface area contributed by atoms with Crippen LogP contribution in [0, 0.1) is 5.92 Å². The Labute approximate surface area is 116 Å². The van der Waals surface area contributed by atoms with Gasteiger partial charge in [-0.3, -0.25) is 0 Å². The summed E-state index contributed by atoms with van der Waals surface area (Å²) in [5, 5.41) is 4.19. The van der Waals surface area contributed by atoms with E-state index in [9.17, 15) is 0 Å². The first-order chi connectivity index (χ1) is 8.16. The van der Waals surface area contributed by atoms with E-state index in [1.165, 1.54) is 32.1 Å². The van der Waals surface area contributed by atoms with E-state index in [4.69, 9.17) is 11.6 Å². The molecule has 0 amide bonds. The second-order valence-electron chi connectivity index (χ2n) is 4.85. The molecule has 1 fully saturated rings. The molecule has 94 valence electrons. The number of halogens is 2. The maximum absolute atomic E-state index is 6.18.